The molecule has 1 unspecified atom stereocenters. The van der Waals surface area contributed by atoms with E-state index in [2.05, 4.69) is 28.2 Å². The van der Waals surface area contributed by atoms with Crippen molar-refractivity contribution in [2.75, 3.05) is 5.32 Å². The first-order chi connectivity index (χ1) is 8.58. The monoisotopic (exact) mass is 343 g/mol. The molecule has 0 saturated heterocycles. The van der Waals surface area contributed by atoms with Gasteiger partial charge in [-0.1, -0.05) is 41.4 Å². The lowest BCUT2D eigenvalue weighted by atomic mass is 10.1. The molecule has 0 fully saturated rings. The van der Waals surface area contributed by atoms with Gasteiger partial charge in [0.15, 0.2) is 0 Å². The summed E-state index contributed by atoms with van der Waals surface area (Å²) in [4.78, 5) is 0. The van der Waals surface area contributed by atoms with Crippen molar-refractivity contribution in [1.29, 1.82) is 0 Å². The highest BCUT2D eigenvalue weighted by Crippen LogP contribution is 2.32. The second-order valence-corrected chi connectivity index (χ2v) is 5.66. The van der Waals surface area contributed by atoms with E-state index in [9.17, 15) is 0 Å². The van der Waals surface area contributed by atoms with E-state index >= 15 is 0 Å². The molecule has 1 nitrogen and oxygen atoms in total. The molecule has 0 aliphatic carbocycles. The zero-order valence-electron chi connectivity index (χ0n) is 9.75. The highest BCUT2D eigenvalue weighted by atomic mass is 79.9. The van der Waals surface area contributed by atoms with Crippen LogP contribution in [0.4, 0.5) is 5.69 Å². The number of hydrogen-bond acceptors (Lipinski definition) is 1. The fourth-order valence-corrected chi connectivity index (χ4v) is 2.46. The number of benzene rings is 2. The number of hydrogen-bond donors (Lipinski definition) is 1. The molecule has 94 valence electrons. The van der Waals surface area contributed by atoms with Crippen molar-refractivity contribution >= 4 is 44.8 Å². The molecule has 0 radical (unpaired) electrons. The molecule has 2 aromatic carbocycles. The molecule has 18 heavy (non-hydrogen) atoms. The van der Waals surface area contributed by atoms with Gasteiger partial charge in [-0.05, 0) is 52.7 Å². The lowest BCUT2D eigenvalue weighted by Gasteiger charge is -2.17. The van der Waals surface area contributed by atoms with E-state index in [4.69, 9.17) is 23.2 Å². The minimum atomic E-state index is 0.151. The molecule has 2 rings (SSSR count). The fourth-order valence-electron chi connectivity index (χ4n) is 1.71. The Morgan fingerprint density at radius 1 is 1.11 bits per heavy atom. The summed E-state index contributed by atoms with van der Waals surface area (Å²) in [6.07, 6.45) is 0. The van der Waals surface area contributed by atoms with Crippen LogP contribution in [-0.4, -0.2) is 0 Å². The maximum absolute atomic E-state index is 6.06. The minimum Gasteiger partial charge on any atom is -0.378 e. The summed E-state index contributed by atoms with van der Waals surface area (Å²) in [5, 5.41) is 4.84. The molecule has 0 aromatic heterocycles. The summed E-state index contributed by atoms with van der Waals surface area (Å²) in [7, 11) is 0. The Morgan fingerprint density at radius 3 is 2.56 bits per heavy atom. The average molecular weight is 345 g/mol. The van der Waals surface area contributed by atoms with E-state index < -0.39 is 0 Å². The van der Waals surface area contributed by atoms with Crippen molar-refractivity contribution in [3.8, 4) is 0 Å². The van der Waals surface area contributed by atoms with Crippen molar-refractivity contribution in [2.24, 2.45) is 0 Å². The molecule has 0 aliphatic heterocycles. The lowest BCUT2D eigenvalue weighted by molar-refractivity contribution is 0.884. The predicted octanol–water partition coefficient (Wildman–Crippen LogP) is 5.93. The maximum Gasteiger partial charge on any atom is 0.0593 e. The standard InChI is InChI=1S/C14H12BrCl2N/c1-9(10-4-2-5-11(16)8-10)18-13-7-3-6-12(17)14(13)15/h2-9,18H,1H3. The van der Waals surface area contributed by atoms with Crippen molar-refractivity contribution in [3.63, 3.8) is 0 Å². The molecule has 1 atom stereocenters. The zero-order chi connectivity index (χ0) is 13.1. The molecule has 0 heterocycles. The van der Waals surface area contributed by atoms with E-state index in [0.717, 1.165) is 20.7 Å². The van der Waals surface area contributed by atoms with E-state index in [1.165, 1.54) is 0 Å². The van der Waals surface area contributed by atoms with Gasteiger partial charge in [-0.25, -0.2) is 0 Å². The molecular formula is C14H12BrCl2N. The van der Waals surface area contributed by atoms with E-state index in [-0.39, 0.29) is 6.04 Å². The van der Waals surface area contributed by atoms with Gasteiger partial charge in [-0.3, -0.25) is 0 Å². The molecule has 4 heteroatoms. The third-order valence-electron chi connectivity index (χ3n) is 2.67. The van der Waals surface area contributed by atoms with Crippen molar-refractivity contribution in [2.45, 2.75) is 13.0 Å². The van der Waals surface area contributed by atoms with Crippen LogP contribution in [0.3, 0.4) is 0 Å². The Kier molecular flexibility index (Phi) is 4.55. The van der Waals surface area contributed by atoms with Crippen molar-refractivity contribution < 1.29 is 0 Å². The lowest BCUT2D eigenvalue weighted by Crippen LogP contribution is -2.07. The van der Waals surface area contributed by atoms with Gasteiger partial charge in [0.05, 0.1) is 15.2 Å². The van der Waals surface area contributed by atoms with Gasteiger partial charge in [0.2, 0.25) is 0 Å². The summed E-state index contributed by atoms with van der Waals surface area (Å²) >= 11 is 15.5. The smallest absolute Gasteiger partial charge is 0.0593 e. The molecule has 0 spiro atoms. The van der Waals surface area contributed by atoms with Gasteiger partial charge in [0.25, 0.3) is 0 Å². The van der Waals surface area contributed by atoms with Crippen LogP contribution in [0.15, 0.2) is 46.9 Å². The molecule has 1 N–H and O–H groups in total. The maximum atomic E-state index is 6.06. The first-order valence-corrected chi connectivity index (χ1v) is 7.09. The Balaban J connectivity index is 2.21. The SMILES string of the molecule is CC(Nc1cccc(Cl)c1Br)c1cccc(Cl)c1. The molecule has 0 bridgehead atoms. The molecular weight excluding hydrogens is 333 g/mol. The summed E-state index contributed by atoms with van der Waals surface area (Å²) in [5.41, 5.74) is 2.10. The number of rotatable bonds is 3. The summed E-state index contributed by atoms with van der Waals surface area (Å²) in [5.74, 6) is 0. The van der Waals surface area contributed by atoms with Gasteiger partial charge >= 0.3 is 0 Å². The Labute approximate surface area is 125 Å². The van der Waals surface area contributed by atoms with Crippen LogP contribution in [0, 0.1) is 0 Å². The highest BCUT2D eigenvalue weighted by molar-refractivity contribution is 9.10. The van der Waals surface area contributed by atoms with Gasteiger partial charge in [0, 0.05) is 11.1 Å². The Hall–Kier alpha value is -0.700. The third kappa shape index (κ3) is 3.19. The first-order valence-electron chi connectivity index (χ1n) is 5.54. The molecule has 2 aromatic rings. The second kappa shape index (κ2) is 5.96. The molecule has 0 aliphatic rings. The van der Waals surface area contributed by atoms with E-state index in [0.29, 0.717) is 5.02 Å². The zero-order valence-corrected chi connectivity index (χ0v) is 12.9. The van der Waals surface area contributed by atoms with E-state index in [1.54, 1.807) is 0 Å². The molecule has 0 amide bonds. The van der Waals surface area contributed by atoms with E-state index in [1.807, 2.05) is 42.5 Å². The quantitative estimate of drug-likeness (QED) is 0.727. The van der Waals surface area contributed by atoms with Crippen LogP contribution < -0.4 is 5.32 Å². The summed E-state index contributed by atoms with van der Waals surface area (Å²) < 4.78 is 0.876. The minimum absolute atomic E-state index is 0.151. The van der Waals surface area contributed by atoms with Gasteiger partial charge in [-0.15, -0.1) is 0 Å². The van der Waals surface area contributed by atoms with Gasteiger partial charge < -0.3 is 5.32 Å². The molecule has 0 saturated carbocycles. The van der Waals surface area contributed by atoms with Crippen LogP contribution in [-0.2, 0) is 0 Å². The fraction of sp³-hybridized carbons (Fsp3) is 0.143. The second-order valence-electron chi connectivity index (χ2n) is 4.02. The highest BCUT2D eigenvalue weighted by Gasteiger charge is 2.09. The number of anilines is 1. The number of nitrogens with one attached hydrogen (secondary N) is 1. The van der Waals surface area contributed by atoms with Crippen LogP contribution in [0.5, 0.6) is 0 Å². The van der Waals surface area contributed by atoms with Gasteiger partial charge in [-0.2, -0.15) is 0 Å². The normalized spacial score (nSPS) is 12.2. The van der Waals surface area contributed by atoms with Crippen LogP contribution in [0.1, 0.15) is 18.5 Å². The third-order valence-corrected chi connectivity index (χ3v) is 4.30. The van der Waals surface area contributed by atoms with Crippen molar-refractivity contribution in [1.82, 2.24) is 0 Å². The largest absolute Gasteiger partial charge is 0.378 e. The van der Waals surface area contributed by atoms with Crippen LogP contribution >= 0.6 is 39.1 Å². The van der Waals surface area contributed by atoms with Crippen molar-refractivity contribution in [3.05, 3.63) is 62.5 Å². The average Bonchev–Trinajstić information content (AvgIpc) is 2.35. The van der Waals surface area contributed by atoms with Gasteiger partial charge in [0.1, 0.15) is 0 Å². The van der Waals surface area contributed by atoms with Crippen LogP contribution in [0.2, 0.25) is 10.0 Å². The predicted molar refractivity (Wildman–Crippen MR) is 82.6 cm³/mol. The Morgan fingerprint density at radius 2 is 1.83 bits per heavy atom. The number of halogens is 3. The first kappa shape index (κ1) is 13.7. The Bertz CT molecular complexity index is 557. The topological polar surface area (TPSA) is 12.0 Å². The summed E-state index contributed by atoms with van der Waals surface area (Å²) in [6, 6.07) is 13.7. The van der Waals surface area contributed by atoms with Crippen LogP contribution in [0.25, 0.3) is 0 Å². The summed E-state index contributed by atoms with van der Waals surface area (Å²) in [6.45, 7) is 2.08.